The lowest BCUT2D eigenvalue weighted by molar-refractivity contribution is 0.0934. The van der Waals surface area contributed by atoms with Gasteiger partial charge in [0.05, 0.1) is 5.56 Å². The molecule has 2 N–H and O–H groups in total. The van der Waals surface area contributed by atoms with Crippen LogP contribution in [-0.4, -0.2) is 28.6 Å². The van der Waals surface area contributed by atoms with Gasteiger partial charge in [0.2, 0.25) is 0 Å². The van der Waals surface area contributed by atoms with Crippen molar-refractivity contribution in [1.82, 2.24) is 10.3 Å². The Hall–Kier alpha value is -1.42. The van der Waals surface area contributed by atoms with Gasteiger partial charge in [-0.15, -0.1) is 0 Å². The fourth-order valence-electron chi connectivity index (χ4n) is 1.18. The third-order valence-corrected chi connectivity index (χ3v) is 2.11. The first-order valence-electron chi connectivity index (χ1n) is 4.98. The molecule has 0 aliphatic rings. The van der Waals surface area contributed by atoms with E-state index >= 15 is 0 Å². The first-order valence-corrected chi connectivity index (χ1v) is 4.98. The zero-order valence-electron chi connectivity index (χ0n) is 9.03. The van der Waals surface area contributed by atoms with Crippen molar-refractivity contribution in [2.45, 2.75) is 26.3 Å². The molecule has 1 aromatic rings. The van der Waals surface area contributed by atoms with Gasteiger partial charge in [-0.2, -0.15) is 0 Å². The van der Waals surface area contributed by atoms with Gasteiger partial charge in [-0.3, -0.25) is 9.78 Å². The zero-order valence-corrected chi connectivity index (χ0v) is 9.03. The normalized spacial score (nSPS) is 12.2. The molecule has 1 rings (SSSR count). The highest BCUT2D eigenvalue weighted by Crippen LogP contribution is 2.00. The second kappa shape index (κ2) is 5.46. The Morgan fingerprint density at radius 2 is 2.33 bits per heavy atom. The smallest absolute Gasteiger partial charge is 0.253 e. The van der Waals surface area contributed by atoms with Crippen LogP contribution in [-0.2, 0) is 0 Å². The van der Waals surface area contributed by atoms with Crippen LogP contribution in [0, 0.1) is 6.92 Å². The Morgan fingerprint density at radius 1 is 1.60 bits per heavy atom. The third kappa shape index (κ3) is 3.67. The van der Waals surface area contributed by atoms with Crippen molar-refractivity contribution in [2.24, 2.45) is 0 Å². The summed E-state index contributed by atoms with van der Waals surface area (Å²) in [6.07, 6.45) is 2.11. The highest BCUT2D eigenvalue weighted by atomic mass is 16.3. The van der Waals surface area contributed by atoms with Crippen LogP contribution in [0.3, 0.4) is 0 Å². The van der Waals surface area contributed by atoms with Crippen molar-refractivity contribution < 1.29 is 9.90 Å². The largest absolute Gasteiger partial charge is 0.396 e. The standard InChI is InChI=1S/C11H16N2O2/c1-8-3-4-10(7-12-8)11(15)13-9(2)5-6-14/h3-4,7,9,14H,5-6H2,1-2H3,(H,13,15)/t9-/m1/s1. The van der Waals surface area contributed by atoms with Gasteiger partial charge in [0.1, 0.15) is 0 Å². The quantitative estimate of drug-likeness (QED) is 0.772. The molecule has 0 unspecified atom stereocenters. The molecule has 0 aliphatic carbocycles. The molecule has 0 radical (unpaired) electrons. The lowest BCUT2D eigenvalue weighted by Crippen LogP contribution is -2.33. The first-order chi connectivity index (χ1) is 7.13. The van der Waals surface area contributed by atoms with Gasteiger partial charge >= 0.3 is 0 Å². The number of hydrogen-bond donors (Lipinski definition) is 2. The molecular formula is C11H16N2O2. The van der Waals surface area contributed by atoms with Crippen LogP contribution < -0.4 is 5.32 Å². The van der Waals surface area contributed by atoms with E-state index in [1.807, 2.05) is 13.8 Å². The molecule has 0 bridgehead atoms. The molecule has 0 saturated carbocycles. The Balaban J connectivity index is 2.57. The number of nitrogens with one attached hydrogen (secondary N) is 1. The summed E-state index contributed by atoms with van der Waals surface area (Å²) < 4.78 is 0. The minimum absolute atomic E-state index is 0.0243. The number of carbonyl (C=O) groups is 1. The van der Waals surface area contributed by atoms with Crippen LogP contribution in [0.5, 0.6) is 0 Å². The van der Waals surface area contributed by atoms with E-state index in [9.17, 15) is 4.79 Å². The number of aliphatic hydroxyl groups is 1. The summed E-state index contributed by atoms with van der Waals surface area (Å²) >= 11 is 0. The number of nitrogens with zero attached hydrogens (tertiary/aromatic N) is 1. The number of pyridine rings is 1. The fourth-order valence-corrected chi connectivity index (χ4v) is 1.18. The summed E-state index contributed by atoms with van der Waals surface area (Å²) in [6.45, 7) is 3.80. The summed E-state index contributed by atoms with van der Waals surface area (Å²) in [4.78, 5) is 15.7. The highest BCUT2D eigenvalue weighted by molar-refractivity contribution is 5.94. The zero-order chi connectivity index (χ0) is 11.3. The second-order valence-electron chi connectivity index (χ2n) is 3.58. The molecule has 82 valence electrons. The maximum absolute atomic E-state index is 11.6. The number of amides is 1. The van der Waals surface area contributed by atoms with E-state index in [2.05, 4.69) is 10.3 Å². The van der Waals surface area contributed by atoms with Crippen LogP contribution in [0.15, 0.2) is 18.3 Å². The molecule has 4 heteroatoms. The third-order valence-electron chi connectivity index (χ3n) is 2.11. The predicted octanol–water partition coefficient (Wildman–Crippen LogP) is 0.891. The number of carbonyl (C=O) groups excluding carboxylic acids is 1. The topological polar surface area (TPSA) is 62.2 Å². The molecule has 0 spiro atoms. The van der Waals surface area contributed by atoms with Gasteiger partial charge in [-0.05, 0) is 32.4 Å². The van der Waals surface area contributed by atoms with Gasteiger partial charge in [0.25, 0.3) is 5.91 Å². The minimum atomic E-state index is -0.150. The van der Waals surface area contributed by atoms with Crippen LogP contribution >= 0.6 is 0 Å². The summed E-state index contributed by atoms with van der Waals surface area (Å²) in [5, 5.41) is 11.5. The van der Waals surface area contributed by atoms with E-state index in [0.29, 0.717) is 12.0 Å². The lowest BCUT2D eigenvalue weighted by atomic mass is 10.2. The number of aromatic nitrogens is 1. The summed E-state index contributed by atoms with van der Waals surface area (Å²) in [5.41, 5.74) is 1.43. The van der Waals surface area contributed by atoms with Crippen molar-refractivity contribution >= 4 is 5.91 Å². The molecule has 1 aromatic heterocycles. The molecule has 0 aliphatic heterocycles. The molecule has 4 nitrogen and oxygen atoms in total. The summed E-state index contributed by atoms with van der Waals surface area (Å²) in [7, 11) is 0. The highest BCUT2D eigenvalue weighted by Gasteiger charge is 2.08. The van der Waals surface area contributed by atoms with Crippen LogP contribution in [0.25, 0.3) is 0 Å². The van der Waals surface area contributed by atoms with E-state index in [1.165, 1.54) is 0 Å². The van der Waals surface area contributed by atoms with Gasteiger partial charge < -0.3 is 10.4 Å². The monoisotopic (exact) mass is 208 g/mol. The maximum Gasteiger partial charge on any atom is 0.253 e. The number of aryl methyl sites for hydroxylation is 1. The fraction of sp³-hybridized carbons (Fsp3) is 0.455. The minimum Gasteiger partial charge on any atom is -0.396 e. The predicted molar refractivity (Wildman–Crippen MR) is 57.6 cm³/mol. The molecule has 0 saturated heterocycles. The second-order valence-corrected chi connectivity index (χ2v) is 3.58. The van der Waals surface area contributed by atoms with Gasteiger partial charge in [0.15, 0.2) is 0 Å². The van der Waals surface area contributed by atoms with E-state index < -0.39 is 0 Å². The molecule has 0 fully saturated rings. The van der Waals surface area contributed by atoms with E-state index in [-0.39, 0.29) is 18.6 Å². The van der Waals surface area contributed by atoms with Crippen molar-refractivity contribution in [2.75, 3.05) is 6.61 Å². The molecule has 15 heavy (non-hydrogen) atoms. The van der Waals surface area contributed by atoms with Crippen LogP contribution in [0.4, 0.5) is 0 Å². The van der Waals surface area contributed by atoms with Gasteiger partial charge in [-0.1, -0.05) is 0 Å². The van der Waals surface area contributed by atoms with Crippen molar-refractivity contribution in [1.29, 1.82) is 0 Å². The van der Waals surface area contributed by atoms with Crippen LogP contribution in [0.2, 0.25) is 0 Å². The van der Waals surface area contributed by atoms with Gasteiger partial charge in [0, 0.05) is 24.5 Å². The van der Waals surface area contributed by atoms with E-state index in [1.54, 1.807) is 18.3 Å². The Bertz CT molecular complexity index is 322. The average molecular weight is 208 g/mol. The van der Waals surface area contributed by atoms with Crippen molar-refractivity contribution in [3.8, 4) is 0 Å². The summed E-state index contributed by atoms with van der Waals surface area (Å²) in [6, 6.07) is 3.51. The van der Waals surface area contributed by atoms with E-state index in [4.69, 9.17) is 5.11 Å². The molecule has 1 heterocycles. The first kappa shape index (κ1) is 11.7. The lowest BCUT2D eigenvalue weighted by Gasteiger charge is -2.11. The number of rotatable bonds is 4. The summed E-state index contributed by atoms with van der Waals surface area (Å²) in [5.74, 6) is -0.150. The Labute approximate surface area is 89.3 Å². The molecule has 1 amide bonds. The molecule has 1 atom stereocenters. The number of aliphatic hydroxyl groups excluding tert-OH is 1. The Kier molecular flexibility index (Phi) is 4.24. The SMILES string of the molecule is Cc1ccc(C(=O)N[C@H](C)CCO)cn1. The molecule has 0 aromatic carbocycles. The molecular weight excluding hydrogens is 192 g/mol. The number of hydrogen-bond acceptors (Lipinski definition) is 3. The van der Waals surface area contributed by atoms with E-state index in [0.717, 1.165) is 5.69 Å². The van der Waals surface area contributed by atoms with Crippen LogP contribution in [0.1, 0.15) is 29.4 Å². The van der Waals surface area contributed by atoms with Crippen molar-refractivity contribution in [3.05, 3.63) is 29.6 Å². The Morgan fingerprint density at radius 3 is 2.87 bits per heavy atom. The van der Waals surface area contributed by atoms with Crippen molar-refractivity contribution in [3.63, 3.8) is 0 Å². The maximum atomic E-state index is 11.6. The van der Waals surface area contributed by atoms with Gasteiger partial charge in [-0.25, -0.2) is 0 Å². The average Bonchev–Trinajstić information content (AvgIpc) is 2.18.